The molecule has 0 aliphatic carbocycles. The van der Waals surface area contributed by atoms with Gasteiger partial charge in [0.1, 0.15) is 0 Å². The molecule has 4 nitrogen and oxygen atoms in total. The van der Waals surface area contributed by atoms with Crippen LogP contribution >= 0.6 is 0 Å². The van der Waals surface area contributed by atoms with E-state index in [1.165, 1.54) is 5.56 Å². The molecule has 0 saturated carbocycles. The molecule has 2 aromatic rings. The third-order valence-electron chi connectivity index (χ3n) is 3.33. The van der Waals surface area contributed by atoms with Gasteiger partial charge in [0.05, 0.1) is 7.11 Å². The minimum absolute atomic E-state index is 0.700. The van der Waals surface area contributed by atoms with Gasteiger partial charge in [-0.3, -0.25) is 4.90 Å². The first-order valence-corrected chi connectivity index (χ1v) is 7.27. The van der Waals surface area contributed by atoms with Gasteiger partial charge in [0.2, 0.25) is 5.88 Å². The van der Waals surface area contributed by atoms with Gasteiger partial charge in [0.15, 0.2) is 0 Å². The summed E-state index contributed by atoms with van der Waals surface area (Å²) in [5.41, 5.74) is 9.00. The third kappa shape index (κ3) is 4.46. The fraction of sp³-hybridized carbons (Fsp3) is 0.353. The van der Waals surface area contributed by atoms with Crippen LogP contribution < -0.4 is 10.5 Å². The Labute approximate surface area is 126 Å². The summed E-state index contributed by atoms with van der Waals surface area (Å²) in [4.78, 5) is 6.65. The van der Waals surface area contributed by atoms with Crippen LogP contribution in [0.25, 0.3) is 0 Å². The number of benzene rings is 1. The molecule has 1 heterocycles. The monoisotopic (exact) mass is 285 g/mol. The van der Waals surface area contributed by atoms with E-state index >= 15 is 0 Å². The molecular weight excluding hydrogens is 262 g/mol. The summed E-state index contributed by atoms with van der Waals surface area (Å²) in [5, 5.41) is 0. The lowest BCUT2D eigenvalue weighted by Crippen LogP contribution is -2.24. The molecule has 0 radical (unpaired) electrons. The number of nitrogens with two attached hydrogens (primary N) is 1. The van der Waals surface area contributed by atoms with Gasteiger partial charge < -0.3 is 10.5 Å². The van der Waals surface area contributed by atoms with E-state index in [4.69, 9.17) is 10.5 Å². The molecule has 1 aromatic heterocycles. The van der Waals surface area contributed by atoms with E-state index in [1.807, 2.05) is 24.3 Å². The molecule has 21 heavy (non-hydrogen) atoms. The SMILES string of the molecule is CCCN(Cc1cccc(N)c1)Cc1cccnc1OC. The number of ether oxygens (including phenoxy) is 1. The standard InChI is InChI=1S/C17H23N3O/c1-3-10-20(12-14-6-4-8-16(18)11-14)13-15-7-5-9-19-17(15)21-2/h4-9,11H,3,10,12-13,18H2,1-2H3. The molecule has 2 rings (SSSR count). The molecule has 2 N–H and O–H groups in total. The lowest BCUT2D eigenvalue weighted by molar-refractivity contribution is 0.252. The van der Waals surface area contributed by atoms with E-state index in [-0.39, 0.29) is 0 Å². The van der Waals surface area contributed by atoms with Crippen molar-refractivity contribution in [2.75, 3.05) is 19.4 Å². The fourth-order valence-electron chi connectivity index (χ4n) is 2.45. The second-order valence-electron chi connectivity index (χ2n) is 5.13. The van der Waals surface area contributed by atoms with Crippen LogP contribution in [-0.2, 0) is 13.1 Å². The van der Waals surface area contributed by atoms with Crippen LogP contribution in [0.5, 0.6) is 5.88 Å². The van der Waals surface area contributed by atoms with Gasteiger partial charge in [-0.2, -0.15) is 0 Å². The van der Waals surface area contributed by atoms with Gasteiger partial charge in [0.25, 0.3) is 0 Å². The van der Waals surface area contributed by atoms with Crippen LogP contribution in [0.3, 0.4) is 0 Å². The number of hydrogen-bond donors (Lipinski definition) is 1. The number of nitrogens with zero attached hydrogens (tertiary/aromatic N) is 2. The van der Waals surface area contributed by atoms with Crippen LogP contribution in [-0.4, -0.2) is 23.5 Å². The summed E-state index contributed by atoms with van der Waals surface area (Å²) in [7, 11) is 1.66. The minimum Gasteiger partial charge on any atom is -0.481 e. The number of rotatable bonds is 7. The molecule has 0 spiro atoms. The highest BCUT2D eigenvalue weighted by molar-refractivity contribution is 5.40. The van der Waals surface area contributed by atoms with E-state index in [9.17, 15) is 0 Å². The first-order valence-electron chi connectivity index (χ1n) is 7.27. The fourth-order valence-corrected chi connectivity index (χ4v) is 2.45. The number of nitrogen functional groups attached to an aromatic ring is 1. The topological polar surface area (TPSA) is 51.4 Å². The van der Waals surface area contributed by atoms with Gasteiger partial charge >= 0.3 is 0 Å². The summed E-state index contributed by atoms with van der Waals surface area (Å²) in [6, 6.07) is 12.1. The van der Waals surface area contributed by atoms with Crippen LogP contribution in [0, 0.1) is 0 Å². The van der Waals surface area contributed by atoms with Gasteiger partial charge in [-0.05, 0) is 36.7 Å². The van der Waals surface area contributed by atoms with Gasteiger partial charge in [-0.1, -0.05) is 25.1 Å². The molecule has 0 aliphatic rings. The Morgan fingerprint density at radius 1 is 1.19 bits per heavy atom. The smallest absolute Gasteiger partial charge is 0.217 e. The van der Waals surface area contributed by atoms with Crippen molar-refractivity contribution in [1.82, 2.24) is 9.88 Å². The van der Waals surface area contributed by atoms with E-state index in [0.717, 1.165) is 37.3 Å². The zero-order chi connectivity index (χ0) is 15.1. The molecule has 1 aromatic carbocycles. The van der Waals surface area contributed by atoms with Crippen LogP contribution in [0.15, 0.2) is 42.6 Å². The lowest BCUT2D eigenvalue weighted by Gasteiger charge is -2.22. The average Bonchev–Trinajstić information content (AvgIpc) is 2.48. The van der Waals surface area contributed by atoms with Gasteiger partial charge in [0, 0.05) is 30.5 Å². The third-order valence-corrected chi connectivity index (χ3v) is 3.33. The van der Waals surface area contributed by atoms with E-state index < -0.39 is 0 Å². The molecule has 0 aliphatic heterocycles. The van der Waals surface area contributed by atoms with Crippen molar-refractivity contribution >= 4 is 5.69 Å². The van der Waals surface area contributed by atoms with Crippen molar-refractivity contribution in [1.29, 1.82) is 0 Å². The quantitative estimate of drug-likeness (QED) is 0.794. The second-order valence-corrected chi connectivity index (χ2v) is 5.13. The molecule has 0 saturated heterocycles. The van der Waals surface area contributed by atoms with Crippen molar-refractivity contribution in [3.05, 3.63) is 53.7 Å². The predicted molar refractivity (Wildman–Crippen MR) is 86.0 cm³/mol. The number of aromatic nitrogens is 1. The van der Waals surface area contributed by atoms with E-state index in [2.05, 4.69) is 28.9 Å². The molecule has 0 fully saturated rings. The van der Waals surface area contributed by atoms with Crippen molar-refractivity contribution in [2.24, 2.45) is 0 Å². The van der Waals surface area contributed by atoms with Gasteiger partial charge in [-0.15, -0.1) is 0 Å². The molecular formula is C17H23N3O. The maximum absolute atomic E-state index is 5.86. The number of hydrogen-bond acceptors (Lipinski definition) is 4. The summed E-state index contributed by atoms with van der Waals surface area (Å²) in [5.74, 6) is 0.700. The first kappa shape index (κ1) is 15.3. The molecule has 0 amide bonds. The van der Waals surface area contributed by atoms with Crippen LogP contribution in [0.4, 0.5) is 5.69 Å². The summed E-state index contributed by atoms with van der Waals surface area (Å²) in [6.07, 6.45) is 2.86. The Balaban J connectivity index is 2.11. The average molecular weight is 285 g/mol. The highest BCUT2D eigenvalue weighted by atomic mass is 16.5. The lowest BCUT2D eigenvalue weighted by atomic mass is 10.1. The molecule has 0 bridgehead atoms. The first-order chi connectivity index (χ1) is 10.2. The maximum atomic E-state index is 5.86. The number of methoxy groups -OCH3 is 1. The van der Waals surface area contributed by atoms with Crippen LogP contribution in [0.1, 0.15) is 24.5 Å². The summed E-state index contributed by atoms with van der Waals surface area (Å²) in [6.45, 7) is 4.90. The highest BCUT2D eigenvalue weighted by Crippen LogP contribution is 2.18. The van der Waals surface area contributed by atoms with E-state index in [0.29, 0.717) is 5.88 Å². The van der Waals surface area contributed by atoms with Crippen molar-refractivity contribution < 1.29 is 4.74 Å². The Morgan fingerprint density at radius 3 is 2.76 bits per heavy atom. The molecule has 112 valence electrons. The van der Waals surface area contributed by atoms with Crippen molar-refractivity contribution in [3.8, 4) is 5.88 Å². The van der Waals surface area contributed by atoms with Crippen LogP contribution in [0.2, 0.25) is 0 Å². The normalized spacial score (nSPS) is 10.8. The van der Waals surface area contributed by atoms with Gasteiger partial charge in [-0.25, -0.2) is 4.98 Å². The zero-order valence-corrected chi connectivity index (χ0v) is 12.7. The summed E-state index contributed by atoms with van der Waals surface area (Å²) >= 11 is 0. The highest BCUT2D eigenvalue weighted by Gasteiger charge is 2.10. The Kier molecular flexibility index (Phi) is 5.58. The Bertz CT molecular complexity index is 571. The van der Waals surface area contributed by atoms with Crippen molar-refractivity contribution in [2.45, 2.75) is 26.4 Å². The molecule has 0 unspecified atom stereocenters. The Hall–Kier alpha value is -2.07. The zero-order valence-electron chi connectivity index (χ0n) is 12.7. The van der Waals surface area contributed by atoms with Crippen molar-refractivity contribution in [3.63, 3.8) is 0 Å². The summed E-state index contributed by atoms with van der Waals surface area (Å²) < 4.78 is 5.34. The largest absolute Gasteiger partial charge is 0.481 e. The predicted octanol–water partition coefficient (Wildman–Crippen LogP) is 3.08. The molecule has 0 atom stereocenters. The Morgan fingerprint density at radius 2 is 2.05 bits per heavy atom. The minimum atomic E-state index is 0.700. The maximum Gasteiger partial charge on any atom is 0.217 e. The number of pyridine rings is 1. The molecule has 4 heteroatoms. The number of anilines is 1. The second kappa shape index (κ2) is 7.64. The van der Waals surface area contributed by atoms with E-state index in [1.54, 1.807) is 13.3 Å².